The number of amides is 2. The highest BCUT2D eigenvalue weighted by Gasteiger charge is 2.34. The molecule has 1 saturated carbocycles. The molecule has 0 radical (unpaired) electrons. The molecule has 9 heteroatoms. The molecule has 1 heterocycles. The summed E-state index contributed by atoms with van der Waals surface area (Å²) in [6, 6.07) is 7.25. The van der Waals surface area contributed by atoms with Gasteiger partial charge in [-0.25, -0.2) is 4.39 Å². The highest BCUT2D eigenvalue weighted by atomic mass is 19.1. The number of nitrogens with zero attached hydrogens (tertiary/aromatic N) is 1. The molecule has 2 amide bonds. The molecule has 0 saturated heterocycles. The molecule has 0 bridgehead atoms. The first-order valence-electron chi connectivity index (χ1n) is 9.97. The summed E-state index contributed by atoms with van der Waals surface area (Å²) in [6.07, 6.45) is 2.54. The minimum Gasteiger partial charge on any atom is -0.483 e. The molecule has 4 N–H and O–H groups in total. The van der Waals surface area contributed by atoms with Crippen molar-refractivity contribution in [2.45, 2.75) is 44.9 Å². The quantitative estimate of drug-likeness (QED) is 0.536. The van der Waals surface area contributed by atoms with Crippen molar-refractivity contribution < 1.29 is 29.0 Å². The number of carbonyl (C=O) groups excluding carboxylic acids is 2. The highest BCUT2D eigenvalue weighted by Crippen LogP contribution is 2.25. The molecule has 0 aliphatic heterocycles. The molecular weight excluding hydrogens is 405 g/mol. The third-order valence-corrected chi connectivity index (χ3v) is 5.51. The van der Waals surface area contributed by atoms with E-state index in [1.807, 2.05) is 24.7 Å². The van der Waals surface area contributed by atoms with Crippen LogP contribution in [0.25, 0.3) is 0 Å². The first kappa shape index (κ1) is 24.1. The summed E-state index contributed by atoms with van der Waals surface area (Å²) in [7, 11) is 1.86. The first-order valence-corrected chi connectivity index (χ1v) is 9.97. The second-order valence-corrected chi connectivity index (χ2v) is 7.53. The van der Waals surface area contributed by atoms with Crippen LogP contribution in [0.5, 0.6) is 0 Å². The minimum absolute atomic E-state index is 0.119. The Kier molecular flexibility index (Phi) is 8.75. The van der Waals surface area contributed by atoms with Gasteiger partial charge in [-0.3, -0.25) is 14.4 Å². The van der Waals surface area contributed by atoms with Crippen LogP contribution in [0, 0.1) is 18.7 Å². The van der Waals surface area contributed by atoms with Crippen LogP contribution in [0.15, 0.2) is 36.5 Å². The van der Waals surface area contributed by atoms with Crippen molar-refractivity contribution in [3.63, 3.8) is 0 Å². The number of aliphatic hydroxyl groups is 1. The summed E-state index contributed by atoms with van der Waals surface area (Å²) >= 11 is 0. The molecule has 1 fully saturated rings. The summed E-state index contributed by atoms with van der Waals surface area (Å²) in [5.74, 6) is -0.963. The van der Waals surface area contributed by atoms with Gasteiger partial charge in [-0.1, -0.05) is 12.1 Å². The van der Waals surface area contributed by atoms with Crippen LogP contribution >= 0.6 is 0 Å². The third kappa shape index (κ3) is 6.65. The van der Waals surface area contributed by atoms with Crippen molar-refractivity contribution in [1.29, 1.82) is 0 Å². The SMILES string of the molecule is Cc1c(C(=O)N[C@@H]2C[C@@H](C(=O)NCc3ccc(F)cc3)CC[C@H]2O)ccn1C.O=CO. The van der Waals surface area contributed by atoms with Crippen molar-refractivity contribution in [3.8, 4) is 0 Å². The van der Waals surface area contributed by atoms with Gasteiger partial charge >= 0.3 is 0 Å². The molecule has 3 atom stereocenters. The number of nitrogens with one attached hydrogen (secondary N) is 2. The molecule has 2 aromatic rings. The van der Waals surface area contributed by atoms with E-state index in [0.29, 0.717) is 31.4 Å². The van der Waals surface area contributed by atoms with Gasteiger partial charge in [0, 0.05) is 31.4 Å². The van der Waals surface area contributed by atoms with E-state index in [9.17, 15) is 19.1 Å². The van der Waals surface area contributed by atoms with Crippen molar-refractivity contribution in [1.82, 2.24) is 15.2 Å². The van der Waals surface area contributed by atoms with Gasteiger partial charge in [0.1, 0.15) is 5.82 Å². The van der Waals surface area contributed by atoms with Crippen LogP contribution < -0.4 is 10.6 Å². The third-order valence-electron chi connectivity index (χ3n) is 5.51. The molecule has 1 aromatic heterocycles. The number of carbonyl (C=O) groups is 3. The largest absolute Gasteiger partial charge is 0.483 e. The number of halogens is 1. The fraction of sp³-hybridized carbons (Fsp3) is 0.409. The molecule has 1 aromatic carbocycles. The molecule has 31 heavy (non-hydrogen) atoms. The lowest BCUT2D eigenvalue weighted by atomic mass is 9.83. The molecule has 3 rings (SSSR count). The van der Waals surface area contributed by atoms with Gasteiger partial charge in [-0.15, -0.1) is 0 Å². The number of aryl methyl sites for hydroxylation is 1. The topological polar surface area (TPSA) is 121 Å². The fourth-order valence-electron chi connectivity index (χ4n) is 3.58. The van der Waals surface area contributed by atoms with Crippen LogP contribution in [-0.2, 0) is 23.2 Å². The lowest BCUT2D eigenvalue weighted by Crippen LogP contribution is -2.49. The predicted octanol–water partition coefficient (Wildman–Crippen LogP) is 1.75. The Labute approximate surface area is 180 Å². The lowest BCUT2D eigenvalue weighted by molar-refractivity contribution is -0.127. The number of carboxylic acid groups (broad SMARTS) is 1. The molecule has 0 unspecified atom stereocenters. The highest BCUT2D eigenvalue weighted by molar-refractivity contribution is 5.95. The van der Waals surface area contributed by atoms with Gasteiger partial charge in [0.2, 0.25) is 5.91 Å². The number of rotatable bonds is 5. The number of hydrogen-bond donors (Lipinski definition) is 4. The Hall–Kier alpha value is -3.20. The monoisotopic (exact) mass is 433 g/mol. The van der Waals surface area contributed by atoms with Crippen LogP contribution in [0.1, 0.15) is 40.9 Å². The smallest absolute Gasteiger partial charge is 0.290 e. The van der Waals surface area contributed by atoms with E-state index >= 15 is 0 Å². The van der Waals surface area contributed by atoms with Gasteiger partial charge in [0.05, 0.1) is 17.7 Å². The zero-order chi connectivity index (χ0) is 23.0. The number of aliphatic hydroxyl groups excluding tert-OH is 1. The molecule has 168 valence electrons. The fourth-order valence-corrected chi connectivity index (χ4v) is 3.58. The van der Waals surface area contributed by atoms with Gasteiger partial charge in [-0.2, -0.15) is 0 Å². The normalized spacial score (nSPS) is 20.2. The Morgan fingerprint density at radius 1 is 1.23 bits per heavy atom. The van der Waals surface area contributed by atoms with Gasteiger partial charge in [0.25, 0.3) is 12.4 Å². The Balaban J connectivity index is 0.00000107. The summed E-state index contributed by atoms with van der Waals surface area (Å²) in [5.41, 5.74) is 2.23. The first-order chi connectivity index (χ1) is 14.8. The Morgan fingerprint density at radius 3 is 2.45 bits per heavy atom. The van der Waals surface area contributed by atoms with E-state index in [0.717, 1.165) is 11.3 Å². The van der Waals surface area contributed by atoms with Crippen LogP contribution in [-0.4, -0.2) is 45.2 Å². The number of hydrogen-bond acceptors (Lipinski definition) is 4. The van der Waals surface area contributed by atoms with Crippen molar-refractivity contribution in [2.24, 2.45) is 13.0 Å². The minimum atomic E-state index is -0.672. The van der Waals surface area contributed by atoms with Gasteiger partial charge in [-0.05, 0) is 49.9 Å². The maximum Gasteiger partial charge on any atom is 0.290 e. The summed E-state index contributed by atoms with van der Waals surface area (Å²) in [6.45, 7) is 1.93. The predicted molar refractivity (Wildman–Crippen MR) is 112 cm³/mol. The molecule has 0 spiro atoms. The summed E-state index contributed by atoms with van der Waals surface area (Å²) in [4.78, 5) is 33.4. The standard InChI is InChI=1S/C21H26FN3O3.CH2O2/c1-13-17(9-10-25(13)2)21(28)24-18-11-15(5-8-19(18)26)20(27)23-12-14-3-6-16(22)7-4-14;2-1-3/h3-4,6-7,9-10,15,18-19,26H,5,8,11-12H2,1-2H3,(H,23,27)(H,24,28);1H,(H,2,3)/t15-,18+,19+;/m0./s1. The van der Waals surface area contributed by atoms with E-state index in [2.05, 4.69) is 10.6 Å². The average molecular weight is 433 g/mol. The van der Waals surface area contributed by atoms with Crippen LogP contribution in [0.2, 0.25) is 0 Å². The lowest BCUT2D eigenvalue weighted by Gasteiger charge is -2.33. The molecule has 1 aliphatic carbocycles. The summed E-state index contributed by atoms with van der Waals surface area (Å²) < 4.78 is 14.8. The molecular formula is C22H28FN3O5. The van der Waals surface area contributed by atoms with E-state index < -0.39 is 12.1 Å². The molecule has 8 nitrogen and oxygen atoms in total. The zero-order valence-corrected chi connectivity index (χ0v) is 17.5. The zero-order valence-electron chi connectivity index (χ0n) is 17.5. The van der Waals surface area contributed by atoms with Crippen molar-refractivity contribution >= 4 is 18.3 Å². The van der Waals surface area contributed by atoms with Gasteiger partial charge < -0.3 is 25.4 Å². The van der Waals surface area contributed by atoms with Gasteiger partial charge in [0.15, 0.2) is 0 Å². The average Bonchev–Trinajstić information content (AvgIpc) is 3.08. The number of aromatic nitrogens is 1. The second kappa shape index (κ2) is 11.3. The van der Waals surface area contributed by atoms with E-state index in [1.54, 1.807) is 18.2 Å². The van der Waals surface area contributed by atoms with Crippen molar-refractivity contribution in [2.75, 3.05) is 0 Å². The second-order valence-electron chi connectivity index (χ2n) is 7.53. The maximum atomic E-state index is 13.0. The van der Waals surface area contributed by atoms with Crippen molar-refractivity contribution in [3.05, 3.63) is 59.2 Å². The Morgan fingerprint density at radius 2 is 1.87 bits per heavy atom. The van der Waals surface area contributed by atoms with E-state index in [-0.39, 0.29) is 30.0 Å². The van der Waals surface area contributed by atoms with E-state index in [4.69, 9.17) is 9.90 Å². The van der Waals surface area contributed by atoms with Crippen LogP contribution in [0.3, 0.4) is 0 Å². The Bertz CT molecular complexity index is 897. The molecule has 1 aliphatic rings. The summed E-state index contributed by atoms with van der Waals surface area (Å²) in [5, 5.41) is 22.9. The maximum absolute atomic E-state index is 13.0. The van der Waals surface area contributed by atoms with Crippen LogP contribution in [0.4, 0.5) is 4.39 Å². The van der Waals surface area contributed by atoms with E-state index in [1.165, 1.54) is 12.1 Å². The number of benzene rings is 1.